The second-order valence-electron chi connectivity index (χ2n) is 3.90. The number of rotatable bonds is 2. The Morgan fingerprint density at radius 1 is 1.40 bits per heavy atom. The van der Waals surface area contributed by atoms with Crippen LogP contribution in [0.5, 0.6) is 11.5 Å². The highest BCUT2D eigenvalue weighted by Gasteiger charge is 2.45. The summed E-state index contributed by atoms with van der Waals surface area (Å²) in [5.74, 6) is -2.33. The van der Waals surface area contributed by atoms with Gasteiger partial charge in [-0.2, -0.15) is 4.39 Å². The first kappa shape index (κ1) is 10.5. The third-order valence-electron chi connectivity index (χ3n) is 2.98. The smallest absolute Gasteiger partial charge is 0.208 e. The van der Waals surface area contributed by atoms with E-state index in [2.05, 4.69) is 0 Å². The van der Waals surface area contributed by atoms with Crippen molar-refractivity contribution < 1.29 is 14.6 Å². The number of halogens is 2. The molecule has 0 atom stereocenters. The fourth-order valence-corrected chi connectivity index (χ4v) is 1.93. The molecule has 1 aliphatic carbocycles. The van der Waals surface area contributed by atoms with Crippen LogP contribution in [0, 0.1) is 5.82 Å². The third-order valence-corrected chi connectivity index (χ3v) is 3.27. The van der Waals surface area contributed by atoms with Crippen LogP contribution in [0.2, 0.25) is 5.02 Å². The fraction of sp³-hybridized carbons (Fsp3) is 0.400. The first-order chi connectivity index (χ1) is 7.02. The lowest BCUT2D eigenvalue weighted by Gasteiger charge is -2.16. The number of hydrogen-bond donors (Lipinski definition) is 3. The van der Waals surface area contributed by atoms with Crippen molar-refractivity contribution in [1.82, 2.24) is 0 Å². The Balaban J connectivity index is 2.58. The molecule has 1 fully saturated rings. The highest BCUT2D eigenvalue weighted by atomic mass is 35.5. The second-order valence-corrected chi connectivity index (χ2v) is 4.31. The van der Waals surface area contributed by atoms with Crippen LogP contribution in [0.1, 0.15) is 18.4 Å². The van der Waals surface area contributed by atoms with Crippen molar-refractivity contribution in [3.8, 4) is 11.5 Å². The molecule has 1 saturated carbocycles. The molecule has 0 spiro atoms. The molecule has 82 valence electrons. The molecule has 0 bridgehead atoms. The van der Waals surface area contributed by atoms with Crippen molar-refractivity contribution in [1.29, 1.82) is 0 Å². The Morgan fingerprint density at radius 3 is 2.47 bits per heavy atom. The Bertz CT molecular complexity index is 418. The van der Waals surface area contributed by atoms with Crippen LogP contribution in [-0.2, 0) is 5.41 Å². The van der Waals surface area contributed by atoms with Gasteiger partial charge < -0.3 is 15.9 Å². The van der Waals surface area contributed by atoms with E-state index in [1.807, 2.05) is 0 Å². The summed E-state index contributed by atoms with van der Waals surface area (Å²) in [5.41, 5.74) is 5.60. The van der Waals surface area contributed by atoms with Crippen LogP contribution >= 0.6 is 11.6 Å². The molecule has 2 rings (SSSR count). The van der Waals surface area contributed by atoms with Crippen LogP contribution in [-0.4, -0.2) is 16.8 Å². The van der Waals surface area contributed by atoms with E-state index in [0.29, 0.717) is 12.1 Å². The lowest BCUT2D eigenvalue weighted by atomic mass is 9.95. The summed E-state index contributed by atoms with van der Waals surface area (Å²) in [6.45, 7) is 0.334. The molecule has 15 heavy (non-hydrogen) atoms. The number of nitrogens with two attached hydrogens (primary N) is 1. The van der Waals surface area contributed by atoms with E-state index in [0.717, 1.165) is 12.8 Å². The first-order valence-corrected chi connectivity index (χ1v) is 5.00. The molecule has 0 aromatic heterocycles. The zero-order valence-electron chi connectivity index (χ0n) is 7.93. The van der Waals surface area contributed by atoms with Gasteiger partial charge in [-0.3, -0.25) is 0 Å². The number of benzene rings is 1. The van der Waals surface area contributed by atoms with Gasteiger partial charge >= 0.3 is 0 Å². The van der Waals surface area contributed by atoms with E-state index in [-0.39, 0.29) is 10.4 Å². The zero-order chi connectivity index (χ0) is 11.2. The van der Waals surface area contributed by atoms with Crippen molar-refractivity contribution in [3.63, 3.8) is 0 Å². The fourth-order valence-electron chi connectivity index (χ4n) is 1.74. The van der Waals surface area contributed by atoms with E-state index >= 15 is 0 Å². The monoisotopic (exact) mass is 231 g/mol. The summed E-state index contributed by atoms with van der Waals surface area (Å²) in [7, 11) is 0. The summed E-state index contributed by atoms with van der Waals surface area (Å²) in [5, 5.41) is 18.6. The highest BCUT2D eigenvalue weighted by Crippen LogP contribution is 2.52. The zero-order valence-corrected chi connectivity index (χ0v) is 8.68. The molecule has 1 aromatic carbocycles. The molecular formula is C10H11ClFNO2. The van der Waals surface area contributed by atoms with E-state index in [1.54, 1.807) is 0 Å². The van der Waals surface area contributed by atoms with Crippen LogP contribution in [0.25, 0.3) is 0 Å². The van der Waals surface area contributed by atoms with Crippen molar-refractivity contribution in [3.05, 3.63) is 22.5 Å². The Hall–Kier alpha value is -1.00. The largest absolute Gasteiger partial charge is 0.505 e. The van der Waals surface area contributed by atoms with Gasteiger partial charge in [-0.15, -0.1) is 0 Å². The van der Waals surface area contributed by atoms with Crippen LogP contribution in [0.4, 0.5) is 4.39 Å². The molecule has 0 heterocycles. The standard InChI is InChI=1S/C10H11ClFNO2/c11-6-3-5(10(4-13)1-2-10)8(14)7(12)9(6)15/h3,14-15H,1-2,4,13H2. The first-order valence-electron chi connectivity index (χ1n) is 4.62. The number of aromatic hydroxyl groups is 2. The summed E-state index contributed by atoms with van der Waals surface area (Å²) < 4.78 is 13.3. The second kappa shape index (κ2) is 3.25. The van der Waals surface area contributed by atoms with Gasteiger partial charge in [0.1, 0.15) is 0 Å². The van der Waals surface area contributed by atoms with Gasteiger partial charge in [0.2, 0.25) is 5.82 Å². The lowest BCUT2D eigenvalue weighted by Crippen LogP contribution is -2.20. The van der Waals surface area contributed by atoms with Crippen LogP contribution in [0.15, 0.2) is 6.07 Å². The minimum absolute atomic E-state index is 0.0972. The third kappa shape index (κ3) is 1.44. The van der Waals surface area contributed by atoms with Crippen molar-refractivity contribution in [2.24, 2.45) is 5.73 Å². The Labute approximate surface area is 91.3 Å². The van der Waals surface area contributed by atoms with Gasteiger partial charge in [0.05, 0.1) is 5.02 Å². The van der Waals surface area contributed by atoms with Crippen molar-refractivity contribution in [2.45, 2.75) is 18.3 Å². The molecule has 0 amide bonds. The molecule has 1 aliphatic rings. The molecule has 5 heteroatoms. The summed E-state index contributed by atoms with van der Waals surface area (Å²) >= 11 is 5.64. The van der Waals surface area contributed by atoms with Gasteiger partial charge in [-0.1, -0.05) is 11.6 Å². The summed E-state index contributed by atoms with van der Waals surface area (Å²) in [6.07, 6.45) is 1.61. The molecule has 4 N–H and O–H groups in total. The minimum atomic E-state index is -1.07. The van der Waals surface area contributed by atoms with Crippen molar-refractivity contribution >= 4 is 11.6 Å². The van der Waals surface area contributed by atoms with E-state index in [9.17, 15) is 14.6 Å². The average molecular weight is 232 g/mol. The van der Waals surface area contributed by atoms with Crippen LogP contribution in [0.3, 0.4) is 0 Å². The molecule has 0 aliphatic heterocycles. The number of phenols is 2. The van der Waals surface area contributed by atoms with E-state index in [4.69, 9.17) is 17.3 Å². The lowest BCUT2D eigenvalue weighted by molar-refractivity contribution is 0.381. The van der Waals surface area contributed by atoms with Gasteiger partial charge in [0, 0.05) is 17.5 Å². The molecule has 1 aromatic rings. The quantitative estimate of drug-likeness (QED) is 0.728. The molecular weight excluding hydrogens is 221 g/mol. The average Bonchev–Trinajstić information content (AvgIpc) is 3.01. The van der Waals surface area contributed by atoms with Crippen LogP contribution < -0.4 is 5.73 Å². The summed E-state index contributed by atoms with van der Waals surface area (Å²) in [6, 6.07) is 1.38. The van der Waals surface area contributed by atoms with Crippen molar-refractivity contribution in [2.75, 3.05) is 6.54 Å². The molecule has 0 unspecified atom stereocenters. The van der Waals surface area contributed by atoms with Gasteiger partial charge in [-0.05, 0) is 18.9 Å². The SMILES string of the molecule is NCC1(c2cc(Cl)c(O)c(F)c2O)CC1. The normalized spacial score (nSPS) is 17.8. The highest BCUT2D eigenvalue weighted by molar-refractivity contribution is 6.32. The molecule has 0 radical (unpaired) electrons. The number of hydrogen-bond acceptors (Lipinski definition) is 3. The maximum absolute atomic E-state index is 13.3. The van der Waals surface area contributed by atoms with Gasteiger partial charge in [-0.25, -0.2) is 0 Å². The topological polar surface area (TPSA) is 66.5 Å². The van der Waals surface area contributed by atoms with E-state index < -0.39 is 17.3 Å². The minimum Gasteiger partial charge on any atom is -0.505 e. The molecule has 3 nitrogen and oxygen atoms in total. The number of phenolic OH excluding ortho intramolecular Hbond substituents is 2. The molecule has 0 saturated heterocycles. The van der Waals surface area contributed by atoms with E-state index in [1.165, 1.54) is 6.07 Å². The van der Waals surface area contributed by atoms with Gasteiger partial charge in [0.15, 0.2) is 11.5 Å². The maximum atomic E-state index is 13.3. The predicted octanol–water partition coefficient (Wildman–Crippen LogP) is 1.88. The Morgan fingerprint density at radius 2 is 2.00 bits per heavy atom. The maximum Gasteiger partial charge on any atom is 0.208 e. The predicted molar refractivity (Wildman–Crippen MR) is 54.7 cm³/mol. The Kier molecular flexibility index (Phi) is 2.28. The van der Waals surface area contributed by atoms with Gasteiger partial charge in [0.25, 0.3) is 0 Å². The summed E-state index contributed by atoms with van der Waals surface area (Å²) in [4.78, 5) is 0.